The van der Waals surface area contributed by atoms with Crippen LogP contribution < -0.4 is 4.74 Å². The monoisotopic (exact) mass is 337 g/mol. The Hall–Kier alpha value is -1.75. The van der Waals surface area contributed by atoms with E-state index in [0.717, 1.165) is 11.3 Å². The van der Waals surface area contributed by atoms with Crippen LogP contribution in [-0.4, -0.2) is 24.5 Å². The number of amides is 1. The maximum absolute atomic E-state index is 12.3. The van der Waals surface area contributed by atoms with Crippen molar-refractivity contribution in [1.29, 1.82) is 0 Å². The van der Waals surface area contributed by atoms with Gasteiger partial charge in [0.25, 0.3) is 5.91 Å². The second kappa shape index (κ2) is 6.61. The predicted octanol–water partition coefficient (Wildman–Crippen LogP) is 3.71. The number of rotatable bonds is 5. The summed E-state index contributed by atoms with van der Waals surface area (Å²) in [6.07, 6.45) is 0. The molecule has 106 valence electrons. The number of carbonyl (C=O) groups excluding carboxylic acids is 1. The number of hydrogen-bond acceptors (Lipinski definition) is 3. The van der Waals surface area contributed by atoms with Crippen molar-refractivity contribution < 1.29 is 13.9 Å². The third kappa shape index (κ3) is 3.42. The highest BCUT2D eigenvalue weighted by atomic mass is 79.9. The lowest BCUT2D eigenvalue weighted by molar-refractivity contribution is 0.0719. The van der Waals surface area contributed by atoms with E-state index in [-0.39, 0.29) is 5.91 Å². The summed E-state index contributed by atoms with van der Waals surface area (Å²) in [6.45, 7) is 3.10. The maximum Gasteiger partial charge on any atom is 0.289 e. The summed E-state index contributed by atoms with van der Waals surface area (Å²) in [6, 6.07) is 11.1. The van der Waals surface area contributed by atoms with Gasteiger partial charge in [-0.1, -0.05) is 12.1 Å². The molecule has 0 N–H and O–H groups in total. The van der Waals surface area contributed by atoms with Gasteiger partial charge in [-0.05, 0) is 52.7 Å². The average Bonchev–Trinajstić information content (AvgIpc) is 2.91. The van der Waals surface area contributed by atoms with Crippen molar-refractivity contribution in [2.45, 2.75) is 13.5 Å². The number of ether oxygens (including phenoxy) is 1. The van der Waals surface area contributed by atoms with Crippen LogP contribution in [0.4, 0.5) is 0 Å². The summed E-state index contributed by atoms with van der Waals surface area (Å²) >= 11 is 3.20. The third-order valence-corrected chi connectivity index (χ3v) is 3.41. The molecule has 0 saturated carbocycles. The molecule has 0 unspecified atom stereocenters. The Labute approximate surface area is 126 Å². The summed E-state index contributed by atoms with van der Waals surface area (Å²) in [5.74, 6) is 1.03. The fraction of sp³-hybridized carbons (Fsp3) is 0.267. The molecule has 1 aromatic carbocycles. The Balaban J connectivity index is 2.09. The van der Waals surface area contributed by atoms with E-state index in [1.54, 1.807) is 24.1 Å². The lowest BCUT2D eigenvalue weighted by atomic mass is 10.2. The van der Waals surface area contributed by atoms with Crippen LogP contribution in [0.25, 0.3) is 0 Å². The summed E-state index contributed by atoms with van der Waals surface area (Å²) < 4.78 is 11.0. The molecule has 2 rings (SSSR count). The van der Waals surface area contributed by atoms with Gasteiger partial charge < -0.3 is 14.1 Å². The van der Waals surface area contributed by atoms with Gasteiger partial charge >= 0.3 is 0 Å². The van der Waals surface area contributed by atoms with Crippen molar-refractivity contribution in [2.75, 3.05) is 13.7 Å². The lowest BCUT2D eigenvalue weighted by Gasteiger charge is -2.19. The van der Waals surface area contributed by atoms with Crippen molar-refractivity contribution in [1.82, 2.24) is 4.90 Å². The van der Waals surface area contributed by atoms with Gasteiger partial charge in [0.15, 0.2) is 10.4 Å². The van der Waals surface area contributed by atoms with Crippen molar-refractivity contribution in [3.63, 3.8) is 0 Å². The van der Waals surface area contributed by atoms with Crippen LogP contribution in [0.3, 0.4) is 0 Å². The third-order valence-electron chi connectivity index (χ3n) is 2.99. The fourth-order valence-corrected chi connectivity index (χ4v) is 2.17. The van der Waals surface area contributed by atoms with Crippen molar-refractivity contribution in [3.8, 4) is 5.75 Å². The first-order valence-corrected chi connectivity index (χ1v) is 7.11. The van der Waals surface area contributed by atoms with Gasteiger partial charge in [-0.25, -0.2) is 0 Å². The Morgan fingerprint density at radius 2 is 1.95 bits per heavy atom. The summed E-state index contributed by atoms with van der Waals surface area (Å²) in [7, 11) is 1.63. The van der Waals surface area contributed by atoms with Crippen molar-refractivity contribution in [2.24, 2.45) is 0 Å². The number of furan rings is 1. The molecule has 0 aliphatic carbocycles. The van der Waals surface area contributed by atoms with Gasteiger partial charge in [0.2, 0.25) is 0 Å². The molecule has 0 aliphatic heterocycles. The number of hydrogen-bond donors (Lipinski definition) is 0. The van der Waals surface area contributed by atoms with Crippen LogP contribution in [-0.2, 0) is 6.54 Å². The number of halogens is 1. The molecule has 1 heterocycles. The molecule has 0 saturated heterocycles. The van der Waals surface area contributed by atoms with Crippen molar-refractivity contribution >= 4 is 21.8 Å². The standard InChI is InChI=1S/C15H16BrNO3/c1-3-17(15(18)13-8-9-14(16)20-13)10-11-4-6-12(19-2)7-5-11/h4-9H,3,10H2,1-2H3. The molecule has 1 amide bonds. The second-order valence-electron chi connectivity index (χ2n) is 4.27. The van der Waals surface area contributed by atoms with E-state index in [9.17, 15) is 4.79 Å². The highest BCUT2D eigenvalue weighted by Crippen LogP contribution is 2.18. The minimum absolute atomic E-state index is 0.117. The minimum atomic E-state index is -0.117. The van der Waals surface area contributed by atoms with Gasteiger partial charge in [0.05, 0.1) is 7.11 Å². The molecular formula is C15H16BrNO3. The molecule has 0 radical (unpaired) electrons. The van der Waals surface area contributed by atoms with E-state index < -0.39 is 0 Å². The van der Waals surface area contributed by atoms with Crippen molar-refractivity contribution in [3.05, 3.63) is 52.4 Å². The van der Waals surface area contributed by atoms with Crippen LogP contribution in [0.1, 0.15) is 23.0 Å². The molecule has 0 spiro atoms. The molecule has 0 aliphatic rings. The Kier molecular flexibility index (Phi) is 4.84. The fourth-order valence-electron chi connectivity index (χ4n) is 1.86. The smallest absolute Gasteiger partial charge is 0.289 e. The predicted molar refractivity (Wildman–Crippen MR) is 79.8 cm³/mol. The zero-order valence-electron chi connectivity index (χ0n) is 11.4. The zero-order valence-corrected chi connectivity index (χ0v) is 13.0. The number of carbonyl (C=O) groups is 1. The van der Waals surface area contributed by atoms with Crippen LogP contribution >= 0.6 is 15.9 Å². The quantitative estimate of drug-likeness (QED) is 0.835. The highest BCUT2D eigenvalue weighted by molar-refractivity contribution is 9.10. The van der Waals surface area contributed by atoms with Crippen LogP contribution in [0, 0.1) is 0 Å². The van der Waals surface area contributed by atoms with E-state index in [4.69, 9.17) is 9.15 Å². The molecule has 0 fully saturated rings. The maximum atomic E-state index is 12.3. The van der Waals surface area contributed by atoms with Crippen LogP contribution in [0.5, 0.6) is 5.75 Å². The second-order valence-corrected chi connectivity index (χ2v) is 5.05. The van der Waals surface area contributed by atoms with Gasteiger partial charge in [-0.3, -0.25) is 4.79 Å². The molecule has 20 heavy (non-hydrogen) atoms. The van der Waals surface area contributed by atoms with Crippen LogP contribution in [0.2, 0.25) is 0 Å². The minimum Gasteiger partial charge on any atom is -0.497 e. The first-order chi connectivity index (χ1) is 9.63. The number of nitrogens with zero attached hydrogens (tertiary/aromatic N) is 1. The highest BCUT2D eigenvalue weighted by Gasteiger charge is 2.17. The molecule has 2 aromatic rings. The molecule has 0 bridgehead atoms. The Morgan fingerprint density at radius 3 is 2.45 bits per heavy atom. The van der Waals surface area contributed by atoms with E-state index >= 15 is 0 Å². The summed E-state index contributed by atoms with van der Waals surface area (Å²) in [4.78, 5) is 14.0. The number of methoxy groups -OCH3 is 1. The molecule has 5 heteroatoms. The lowest BCUT2D eigenvalue weighted by Crippen LogP contribution is -2.29. The SMILES string of the molecule is CCN(Cc1ccc(OC)cc1)C(=O)c1ccc(Br)o1. The molecular weight excluding hydrogens is 322 g/mol. The van der Waals surface area contributed by atoms with E-state index in [2.05, 4.69) is 15.9 Å². The molecule has 0 atom stereocenters. The van der Waals surface area contributed by atoms with Gasteiger partial charge in [-0.15, -0.1) is 0 Å². The summed E-state index contributed by atoms with van der Waals surface area (Å²) in [5, 5.41) is 0. The van der Waals surface area contributed by atoms with Gasteiger partial charge in [-0.2, -0.15) is 0 Å². The van der Waals surface area contributed by atoms with Crippen LogP contribution in [0.15, 0.2) is 45.5 Å². The largest absolute Gasteiger partial charge is 0.497 e. The van der Waals surface area contributed by atoms with E-state index in [0.29, 0.717) is 23.5 Å². The first-order valence-electron chi connectivity index (χ1n) is 6.31. The number of benzene rings is 1. The molecule has 1 aromatic heterocycles. The normalized spacial score (nSPS) is 10.3. The molecule has 4 nitrogen and oxygen atoms in total. The van der Waals surface area contributed by atoms with E-state index in [1.165, 1.54) is 0 Å². The van der Waals surface area contributed by atoms with E-state index in [1.807, 2.05) is 31.2 Å². The zero-order chi connectivity index (χ0) is 14.5. The topological polar surface area (TPSA) is 42.7 Å². The average molecular weight is 338 g/mol. The van der Waals surface area contributed by atoms with Gasteiger partial charge in [0, 0.05) is 13.1 Å². The Bertz CT molecular complexity index is 577. The summed E-state index contributed by atoms with van der Waals surface area (Å²) in [5.41, 5.74) is 1.05. The van der Waals surface area contributed by atoms with Gasteiger partial charge in [0.1, 0.15) is 5.75 Å². The Morgan fingerprint density at radius 1 is 1.25 bits per heavy atom. The first kappa shape index (κ1) is 14.7.